The topological polar surface area (TPSA) is 76.6 Å². The van der Waals surface area contributed by atoms with Crippen LogP contribution in [0.3, 0.4) is 0 Å². The molecule has 1 aliphatic heterocycles. The molecule has 3 rings (SSSR count). The number of aromatic nitrogens is 2. The summed E-state index contributed by atoms with van der Waals surface area (Å²) in [4.78, 5) is 26.6. The van der Waals surface area contributed by atoms with Crippen molar-refractivity contribution in [2.45, 2.75) is 39.8 Å². The van der Waals surface area contributed by atoms with Crippen LogP contribution in [0.5, 0.6) is 11.6 Å². The van der Waals surface area contributed by atoms with Crippen molar-refractivity contribution in [2.24, 2.45) is 0 Å². The van der Waals surface area contributed by atoms with E-state index in [2.05, 4.69) is 4.98 Å². The molecule has 0 bridgehead atoms. The second kappa shape index (κ2) is 6.04. The molecule has 0 spiro atoms. The Balaban J connectivity index is 2.10. The first-order valence-corrected chi connectivity index (χ1v) is 7.71. The van der Waals surface area contributed by atoms with Crippen LogP contribution in [-0.2, 0) is 17.7 Å². The minimum Gasteiger partial charge on any atom is -0.440 e. The number of ether oxygens (including phenoxy) is 2. The Labute approximate surface area is 133 Å². The third-order valence-corrected chi connectivity index (χ3v) is 3.79. The van der Waals surface area contributed by atoms with Gasteiger partial charge >= 0.3 is 5.69 Å². The van der Waals surface area contributed by atoms with Gasteiger partial charge in [-0.1, -0.05) is 13.0 Å². The molecule has 0 amide bonds. The molecule has 122 valence electrons. The number of hydrogen-bond donors (Lipinski definition) is 1. The molecule has 1 atom stereocenters. The molecule has 1 aliphatic rings. The van der Waals surface area contributed by atoms with Gasteiger partial charge in [0.1, 0.15) is 5.75 Å². The number of epoxide rings is 1. The van der Waals surface area contributed by atoms with Gasteiger partial charge < -0.3 is 9.47 Å². The van der Waals surface area contributed by atoms with E-state index in [1.807, 2.05) is 39.0 Å². The third-order valence-electron chi connectivity index (χ3n) is 3.79. The first-order valence-electron chi connectivity index (χ1n) is 7.71. The molecule has 6 heteroatoms. The van der Waals surface area contributed by atoms with E-state index in [-0.39, 0.29) is 6.10 Å². The van der Waals surface area contributed by atoms with E-state index >= 15 is 0 Å². The summed E-state index contributed by atoms with van der Waals surface area (Å²) in [6.45, 7) is 6.81. The van der Waals surface area contributed by atoms with E-state index in [0.717, 1.165) is 11.1 Å². The van der Waals surface area contributed by atoms with Gasteiger partial charge in [0.05, 0.1) is 24.8 Å². The molecule has 1 N–H and O–H groups in total. The van der Waals surface area contributed by atoms with Gasteiger partial charge in [-0.25, -0.2) is 4.79 Å². The van der Waals surface area contributed by atoms with Crippen LogP contribution in [-0.4, -0.2) is 22.3 Å². The minimum absolute atomic E-state index is 0.00454. The largest absolute Gasteiger partial charge is 0.440 e. The fourth-order valence-corrected chi connectivity index (χ4v) is 2.67. The molecule has 23 heavy (non-hydrogen) atoms. The maximum Gasteiger partial charge on any atom is 0.331 e. The van der Waals surface area contributed by atoms with Crippen molar-refractivity contribution in [3.05, 3.63) is 55.7 Å². The molecule has 1 fully saturated rings. The molecule has 1 saturated heterocycles. The summed E-state index contributed by atoms with van der Waals surface area (Å²) in [5, 5.41) is 0. The van der Waals surface area contributed by atoms with Crippen LogP contribution < -0.4 is 16.0 Å². The summed E-state index contributed by atoms with van der Waals surface area (Å²) in [6.07, 6.45) is 0.478. The van der Waals surface area contributed by atoms with E-state index in [1.165, 1.54) is 4.57 Å². The van der Waals surface area contributed by atoms with Crippen molar-refractivity contribution >= 4 is 0 Å². The van der Waals surface area contributed by atoms with Crippen LogP contribution in [0.15, 0.2) is 27.8 Å². The van der Waals surface area contributed by atoms with Gasteiger partial charge in [-0.3, -0.25) is 14.3 Å². The lowest BCUT2D eigenvalue weighted by atomic mass is 10.1. The van der Waals surface area contributed by atoms with Gasteiger partial charge in [0.15, 0.2) is 0 Å². The smallest absolute Gasteiger partial charge is 0.331 e. The Kier molecular flexibility index (Phi) is 4.09. The molecule has 1 unspecified atom stereocenters. The summed E-state index contributed by atoms with van der Waals surface area (Å²) >= 11 is 0. The van der Waals surface area contributed by atoms with E-state index in [1.54, 1.807) is 0 Å². The lowest BCUT2D eigenvalue weighted by molar-refractivity contribution is 0.350. The summed E-state index contributed by atoms with van der Waals surface area (Å²) in [5.41, 5.74) is 1.71. The number of hydrogen-bond acceptors (Lipinski definition) is 4. The van der Waals surface area contributed by atoms with Crippen molar-refractivity contribution in [3.63, 3.8) is 0 Å². The highest BCUT2D eigenvalue weighted by Crippen LogP contribution is 2.26. The number of H-pyrrole nitrogens is 1. The summed E-state index contributed by atoms with van der Waals surface area (Å²) in [6, 6.07) is 5.81. The molecule has 0 saturated carbocycles. The second-order valence-corrected chi connectivity index (χ2v) is 5.89. The maximum absolute atomic E-state index is 12.2. The first kappa shape index (κ1) is 15.6. The van der Waals surface area contributed by atoms with Crippen LogP contribution >= 0.6 is 0 Å². The molecule has 2 heterocycles. The van der Waals surface area contributed by atoms with Gasteiger partial charge in [0.25, 0.3) is 5.56 Å². The van der Waals surface area contributed by atoms with Gasteiger partial charge in [0, 0.05) is 0 Å². The number of nitrogens with zero attached hydrogens (tertiary/aromatic N) is 1. The summed E-state index contributed by atoms with van der Waals surface area (Å²) < 4.78 is 12.6. The Morgan fingerprint density at radius 3 is 2.48 bits per heavy atom. The monoisotopic (exact) mass is 316 g/mol. The van der Waals surface area contributed by atoms with Crippen LogP contribution in [0, 0.1) is 13.8 Å². The highest BCUT2D eigenvalue weighted by Gasteiger charge is 2.26. The molecule has 1 aromatic heterocycles. The normalized spacial score (nSPS) is 16.4. The quantitative estimate of drug-likeness (QED) is 0.855. The molecule has 2 aromatic rings. The molecule has 0 radical (unpaired) electrons. The van der Waals surface area contributed by atoms with E-state index < -0.39 is 11.2 Å². The number of aryl methyl sites for hydroxylation is 2. The number of benzene rings is 1. The van der Waals surface area contributed by atoms with Crippen LogP contribution in [0.25, 0.3) is 0 Å². The second-order valence-electron chi connectivity index (χ2n) is 5.89. The van der Waals surface area contributed by atoms with Gasteiger partial charge in [-0.05, 0) is 43.5 Å². The van der Waals surface area contributed by atoms with Crippen LogP contribution in [0.1, 0.15) is 23.6 Å². The average Bonchev–Trinajstić information content (AvgIpc) is 3.26. The Morgan fingerprint density at radius 2 is 1.91 bits per heavy atom. The highest BCUT2D eigenvalue weighted by molar-refractivity contribution is 5.37. The van der Waals surface area contributed by atoms with Crippen molar-refractivity contribution in [1.29, 1.82) is 0 Å². The standard InChI is InChI=1S/C17H20N2O4/c1-4-14-15(20)18-17(21)19(8-13-9-22-13)16(14)23-12-6-10(2)5-11(3)7-12/h5-7,13H,4,8-9H2,1-3H3,(H,18,20,21). The highest BCUT2D eigenvalue weighted by atomic mass is 16.6. The Morgan fingerprint density at radius 1 is 1.26 bits per heavy atom. The van der Waals surface area contributed by atoms with E-state index in [4.69, 9.17) is 9.47 Å². The molecule has 6 nitrogen and oxygen atoms in total. The lowest BCUT2D eigenvalue weighted by Crippen LogP contribution is -2.34. The van der Waals surface area contributed by atoms with Crippen LogP contribution in [0.2, 0.25) is 0 Å². The zero-order chi connectivity index (χ0) is 16.6. The molecular formula is C17H20N2O4. The zero-order valence-corrected chi connectivity index (χ0v) is 13.5. The molecule has 1 aromatic carbocycles. The fourth-order valence-electron chi connectivity index (χ4n) is 2.67. The van der Waals surface area contributed by atoms with Gasteiger partial charge in [-0.15, -0.1) is 0 Å². The minimum atomic E-state index is -0.470. The average molecular weight is 316 g/mol. The third kappa shape index (κ3) is 3.37. The van der Waals surface area contributed by atoms with Crippen molar-refractivity contribution < 1.29 is 9.47 Å². The predicted octanol–water partition coefficient (Wildman–Crippen LogP) is 1.91. The van der Waals surface area contributed by atoms with Gasteiger partial charge in [-0.2, -0.15) is 0 Å². The maximum atomic E-state index is 12.2. The molecular weight excluding hydrogens is 296 g/mol. The van der Waals surface area contributed by atoms with Crippen molar-refractivity contribution in [2.75, 3.05) is 6.61 Å². The van der Waals surface area contributed by atoms with Crippen LogP contribution in [0.4, 0.5) is 0 Å². The first-order chi connectivity index (χ1) is 11.0. The Hall–Kier alpha value is -2.34. The number of rotatable bonds is 5. The van der Waals surface area contributed by atoms with Crippen molar-refractivity contribution in [3.8, 4) is 11.6 Å². The Bertz CT molecular complexity index is 826. The summed E-state index contributed by atoms with van der Waals surface area (Å²) in [7, 11) is 0. The molecule has 0 aliphatic carbocycles. The number of aromatic amines is 1. The predicted molar refractivity (Wildman–Crippen MR) is 86.4 cm³/mol. The van der Waals surface area contributed by atoms with E-state index in [9.17, 15) is 9.59 Å². The SMILES string of the molecule is CCc1c(Oc2cc(C)cc(C)c2)n(CC2CO2)c(=O)[nH]c1=O. The lowest BCUT2D eigenvalue weighted by Gasteiger charge is -2.16. The number of nitrogens with one attached hydrogen (secondary N) is 1. The summed E-state index contributed by atoms with van der Waals surface area (Å²) in [5.74, 6) is 0.925. The van der Waals surface area contributed by atoms with Crippen molar-refractivity contribution in [1.82, 2.24) is 9.55 Å². The fraction of sp³-hybridized carbons (Fsp3) is 0.412. The van der Waals surface area contributed by atoms with E-state index in [0.29, 0.717) is 36.8 Å². The van der Waals surface area contributed by atoms with Gasteiger partial charge in [0.2, 0.25) is 5.88 Å². The zero-order valence-electron chi connectivity index (χ0n) is 13.5.